The van der Waals surface area contributed by atoms with Crippen LogP contribution in [-0.2, 0) is 0 Å². The Balaban J connectivity index is 1.49. The fourth-order valence-electron chi connectivity index (χ4n) is 2.30. The molecular formula is C15H14N4O3S. The molecule has 0 radical (unpaired) electrons. The largest absolute Gasteiger partial charge is 0.453 e. The van der Waals surface area contributed by atoms with Crippen LogP contribution >= 0.6 is 11.3 Å². The number of rotatable bonds is 4. The number of anilines is 1. The van der Waals surface area contributed by atoms with E-state index >= 15 is 0 Å². The van der Waals surface area contributed by atoms with Gasteiger partial charge >= 0.3 is 6.03 Å². The number of urea groups is 1. The summed E-state index contributed by atoms with van der Waals surface area (Å²) in [6.07, 6.45) is 1.58. The highest BCUT2D eigenvalue weighted by atomic mass is 32.1. The highest BCUT2D eigenvalue weighted by Crippen LogP contribution is 2.35. The summed E-state index contributed by atoms with van der Waals surface area (Å²) < 4.78 is 5.73. The van der Waals surface area contributed by atoms with Gasteiger partial charge in [-0.25, -0.2) is 4.79 Å². The van der Waals surface area contributed by atoms with E-state index < -0.39 is 5.54 Å². The van der Waals surface area contributed by atoms with Crippen molar-refractivity contribution in [2.75, 3.05) is 11.9 Å². The lowest BCUT2D eigenvalue weighted by Crippen LogP contribution is -2.42. The molecule has 23 heavy (non-hydrogen) atoms. The van der Waals surface area contributed by atoms with Crippen molar-refractivity contribution in [2.24, 2.45) is 0 Å². The SMILES string of the molecule is O=C(Nc1nnc(-c2cc3ccccc3o2)s1)NC1(CO)CC1. The average Bonchev–Trinajstić information content (AvgIpc) is 2.98. The van der Waals surface area contributed by atoms with Gasteiger partial charge in [-0.15, -0.1) is 10.2 Å². The molecule has 1 aliphatic rings. The van der Waals surface area contributed by atoms with Gasteiger partial charge in [0.15, 0.2) is 10.8 Å². The van der Waals surface area contributed by atoms with Crippen LogP contribution in [0.25, 0.3) is 21.7 Å². The summed E-state index contributed by atoms with van der Waals surface area (Å²) in [7, 11) is 0. The monoisotopic (exact) mass is 330 g/mol. The summed E-state index contributed by atoms with van der Waals surface area (Å²) >= 11 is 1.23. The van der Waals surface area contributed by atoms with E-state index in [9.17, 15) is 9.90 Å². The number of carbonyl (C=O) groups is 1. The molecule has 1 aromatic carbocycles. The molecule has 0 bridgehead atoms. The molecule has 118 valence electrons. The third kappa shape index (κ3) is 2.78. The molecule has 8 heteroatoms. The third-order valence-electron chi connectivity index (χ3n) is 3.82. The minimum Gasteiger partial charge on any atom is -0.453 e. The number of furan rings is 1. The molecule has 0 saturated heterocycles. The van der Waals surface area contributed by atoms with E-state index in [1.54, 1.807) is 0 Å². The molecule has 4 rings (SSSR count). The number of carbonyl (C=O) groups excluding carboxylic acids is 1. The van der Waals surface area contributed by atoms with Gasteiger partial charge in [0.2, 0.25) is 5.13 Å². The van der Waals surface area contributed by atoms with Crippen LogP contribution in [0.3, 0.4) is 0 Å². The molecule has 1 fully saturated rings. The smallest absolute Gasteiger partial charge is 0.321 e. The number of hydrogen-bond donors (Lipinski definition) is 3. The van der Waals surface area contributed by atoms with Crippen molar-refractivity contribution in [1.82, 2.24) is 15.5 Å². The molecule has 3 aromatic rings. The fourth-order valence-corrected chi connectivity index (χ4v) is 2.99. The summed E-state index contributed by atoms with van der Waals surface area (Å²) in [5.41, 5.74) is 0.319. The predicted molar refractivity (Wildman–Crippen MR) is 86.3 cm³/mol. The Labute approximate surface area is 135 Å². The van der Waals surface area contributed by atoms with Crippen LogP contribution in [0.2, 0.25) is 0 Å². The molecule has 0 atom stereocenters. The molecule has 3 N–H and O–H groups in total. The van der Waals surface area contributed by atoms with Crippen LogP contribution < -0.4 is 10.6 Å². The Morgan fingerprint density at radius 2 is 2.17 bits per heavy atom. The molecule has 2 amide bonds. The molecule has 1 saturated carbocycles. The number of amides is 2. The van der Waals surface area contributed by atoms with Crippen LogP contribution in [-0.4, -0.2) is 33.5 Å². The first kappa shape index (κ1) is 14.2. The van der Waals surface area contributed by atoms with E-state index in [0.29, 0.717) is 15.9 Å². The van der Waals surface area contributed by atoms with E-state index in [2.05, 4.69) is 20.8 Å². The Hall–Kier alpha value is -2.45. The molecule has 7 nitrogen and oxygen atoms in total. The first-order chi connectivity index (χ1) is 11.2. The molecule has 0 unspecified atom stereocenters. The zero-order valence-corrected chi connectivity index (χ0v) is 12.9. The summed E-state index contributed by atoms with van der Waals surface area (Å²) in [6, 6.07) is 9.19. The van der Waals surface area contributed by atoms with Gasteiger partial charge in [0.25, 0.3) is 0 Å². The second-order valence-corrected chi connectivity index (χ2v) is 6.56. The van der Waals surface area contributed by atoms with Crippen molar-refractivity contribution < 1.29 is 14.3 Å². The van der Waals surface area contributed by atoms with E-state index in [0.717, 1.165) is 23.8 Å². The lowest BCUT2D eigenvalue weighted by Gasteiger charge is -2.13. The average molecular weight is 330 g/mol. The minimum absolute atomic E-state index is 0.0548. The second-order valence-electron chi connectivity index (χ2n) is 5.58. The Kier molecular flexibility index (Phi) is 3.28. The molecule has 2 aromatic heterocycles. The number of aliphatic hydroxyl groups is 1. The van der Waals surface area contributed by atoms with Crippen molar-refractivity contribution in [3.8, 4) is 10.8 Å². The number of hydrogen-bond acceptors (Lipinski definition) is 6. The quantitative estimate of drug-likeness (QED) is 0.683. The van der Waals surface area contributed by atoms with Crippen molar-refractivity contribution >= 4 is 33.5 Å². The number of nitrogens with zero attached hydrogens (tertiary/aromatic N) is 2. The number of aliphatic hydroxyl groups excluding tert-OH is 1. The van der Waals surface area contributed by atoms with Crippen molar-refractivity contribution in [3.05, 3.63) is 30.3 Å². The van der Waals surface area contributed by atoms with Gasteiger partial charge in [-0.3, -0.25) is 5.32 Å². The Morgan fingerprint density at radius 1 is 1.35 bits per heavy atom. The second kappa shape index (κ2) is 5.32. The van der Waals surface area contributed by atoms with Crippen LogP contribution in [0.4, 0.5) is 9.93 Å². The van der Waals surface area contributed by atoms with Gasteiger partial charge in [-0.05, 0) is 25.0 Å². The Morgan fingerprint density at radius 3 is 2.91 bits per heavy atom. The van der Waals surface area contributed by atoms with Crippen LogP contribution in [0.15, 0.2) is 34.7 Å². The number of fused-ring (bicyclic) bond motifs is 1. The van der Waals surface area contributed by atoms with Gasteiger partial charge in [0.1, 0.15) is 5.58 Å². The van der Waals surface area contributed by atoms with Crippen molar-refractivity contribution in [3.63, 3.8) is 0 Å². The molecule has 1 aliphatic carbocycles. The number of benzene rings is 1. The summed E-state index contributed by atoms with van der Waals surface area (Å²) in [5.74, 6) is 0.617. The molecular weight excluding hydrogens is 316 g/mol. The zero-order valence-electron chi connectivity index (χ0n) is 12.1. The van der Waals surface area contributed by atoms with Crippen LogP contribution in [0.5, 0.6) is 0 Å². The molecule has 2 heterocycles. The topological polar surface area (TPSA) is 100 Å². The lowest BCUT2D eigenvalue weighted by molar-refractivity contribution is 0.217. The maximum absolute atomic E-state index is 11.9. The van der Waals surface area contributed by atoms with Gasteiger partial charge < -0.3 is 14.8 Å². The van der Waals surface area contributed by atoms with E-state index in [1.807, 2.05) is 30.3 Å². The highest BCUT2D eigenvalue weighted by molar-refractivity contribution is 7.18. The number of para-hydroxylation sites is 1. The third-order valence-corrected chi connectivity index (χ3v) is 4.67. The van der Waals surface area contributed by atoms with Crippen molar-refractivity contribution in [2.45, 2.75) is 18.4 Å². The first-order valence-corrected chi connectivity index (χ1v) is 8.02. The minimum atomic E-state index is -0.462. The maximum Gasteiger partial charge on any atom is 0.321 e. The zero-order chi connectivity index (χ0) is 15.9. The van der Waals surface area contributed by atoms with Crippen molar-refractivity contribution in [1.29, 1.82) is 0 Å². The van der Waals surface area contributed by atoms with Gasteiger partial charge in [0, 0.05) is 5.39 Å². The maximum atomic E-state index is 11.9. The molecule has 0 aliphatic heterocycles. The standard InChI is InChI=1S/C15H14N4O3S/c20-8-15(5-6-15)17-13(21)16-14-19-18-12(23-14)11-7-9-3-1-2-4-10(9)22-11/h1-4,7,20H,5-6,8H2,(H2,16,17,19,21). The van der Waals surface area contributed by atoms with Gasteiger partial charge in [-0.1, -0.05) is 29.5 Å². The summed E-state index contributed by atoms with van der Waals surface area (Å²) in [5, 5.41) is 24.6. The first-order valence-electron chi connectivity index (χ1n) is 7.20. The predicted octanol–water partition coefficient (Wildman–Crippen LogP) is 2.60. The fraction of sp³-hybridized carbons (Fsp3) is 0.267. The highest BCUT2D eigenvalue weighted by Gasteiger charge is 2.43. The van der Waals surface area contributed by atoms with Gasteiger partial charge in [0.05, 0.1) is 12.1 Å². The normalized spacial score (nSPS) is 15.5. The Bertz CT molecular complexity index is 835. The van der Waals surface area contributed by atoms with Crippen LogP contribution in [0, 0.1) is 0 Å². The van der Waals surface area contributed by atoms with E-state index in [-0.39, 0.29) is 12.6 Å². The number of aromatic nitrogens is 2. The number of nitrogens with one attached hydrogen (secondary N) is 2. The summed E-state index contributed by atoms with van der Waals surface area (Å²) in [4.78, 5) is 11.9. The van der Waals surface area contributed by atoms with E-state index in [4.69, 9.17) is 4.42 Å². The summed E-state index contributed by atoms with van der Waals surface area (Å²) in [6.45, 7) is -0.0548. The lowest BCUT2D eigenvalue weighted by atomic mass is 10.2. The van der Waals surface area contributed by atoms with E-state index in [1.165, 1.54) is 11.3 Å². The molecule has 0 spiro atoms. The van der Waals surface area contributed by atoms with Crippen LogP contribution in [0.1, 0.15) is 12.8 Å². The van der Waals surface area contributed by atoms with Gasteiger partial charge in [-0.2, -0.15) is 0 Å².